The van der Waals surface area contributed by atoms with Crippen molar-refractivity contribution in [1.29, 1.82) is 0 Å². The minimum absolute atomic E-state index is 0.285. The van der Waals surface area contributed by atoms with Crippen LogP contribution in [0.1, 0.15) is 44.7 Å². The first-order valence-corrected chi connectivity index (χ1v) is 11.6. The van der Waals surface area contributed by atoms with E-state index in [2.05, 4.69) is 30.6 Å². The number of fused-ring (bicyclic) bond motifs is 1. The Labute approximate surface area is 183 Å². The lowest BCUT2D eigenvalue weighted by molar-refractivity contribution is -0.0732. The largest absolute Gasteiger partial charge is 0.423 e. The van der Waals surface area contributed by atoms with Crippen LogP contribution < -0.4 is 5.63 Å². The van der Waals surface area contributed by atoms with Crippen LogP contribution in [0.2, 0.25) is 5.02 Å². The van der Waals surface area contributed by atoms with E-state index in [0.29, 0.717) is 17.8 Å². The van der Waals surface area contributed by atoms with Gasteiger partial charge in [0.15, 0.2) is 0 Å². The predicted octanol–water partition coefficient (Wildman–Crippen LogP) is 4.33. The fourth-order valence-corrected chi connectivity index (χ4v) is 5.35. The molecule has 3 heterocycles. The van der Waals surface area contributed by atoms with Crippen LogP contribution in [0.4, 0.5) is 0 Å². The van der Waals surface area contributed by atoms with Crippen molar-refractivity contribution in [3.63, 3.8) is 0 Å². The van der Waals surface area contributed by atoms with Crippen LogP contribution in [0.5, 0.6) is 0 Å². The summed E-state index contributed by atoms with van der Waals surface area (Å²) in [6, 6.07) is 5.51. The molecule has 0 saturated carbocycles. The number of hydrogen-bond donors (Lipinski definition) is 0. The van der Waals surface area contributed by atoms with E-state index in [1.54, 1.807) is 6.07 Å². The van der Waals surface area contributed by atoms with E-state index >= 15 is 0 Å². The molecule has 2 fully saturated rings. The number of halogens is 1. The van der Waals surface area contributed by atoms with E-state index in [4.69, 9.17) is 20.8 Å². The molecule has 164 valence electrons. The van der Waals surface area contributed by atoms with Gasteiger partial charge in [0.25, 0.3) is 0 Å². The second-order valence-corrected chi connectivity index (χ2v) is 9.49. The molecule has 5 nitrogen and oxygen atoms in total. The lowest BCUT2D eigenvalue weighted by atomic mass is 9.95. The molecule has 0 spiro atoms. The summed E-state index contributed by atoms with van der Waals surface area (Å²) in [4.78, 5) is 17.2. The number of rotatable bonds is 5. The Morgan fingerprint density at radius 2 is 1.73 bits per heavy atom. The molecule has 1 aromatic heterocycles. The van der Waals surface area contributed by atoms with E-state index in [9.17, 15) is 4.79 Å². The topological polar surface area (TPSA) is 45.9 Å². The average molecular weight is 433 g/mol. The Balaban J connectivity index is 1.40. The molecular weight excluding hydrogens is 400 g/mol. The molecule has 30 heavy (non-hydrogen) atoms. The van der Waals surface area contributed by atoms with Gasteiger partial charge < -0.3 is 9.15 Å². The highest BCUT2D eigenvalue weighted by Gasteiger charge is 2.27. The molecule has 2 unspecified atom stereocenters. The van der Waals surface area contributed by atoms with Gasteiger partial charge in [0.2, 0.25) is 0 Å². The van der Waals surface area contributed by atoms with Crippen LogP contribution in [-0.2, 0) is 17.7 Å². The number of likely N-dealkylation sites (tertiary alicyclic amines) is 1. The Kier molecular flexibility index (Phi) is 6.83. The Morgan fingerprint density at radius 1 is 1.03 bits per heavy atom. The molecule has 2 aliphatic heterocycles. The third-order valence-corrected chi connectivity index (χ3v) is 6.84. The summed E-state index contributed by atoms with van der Waals surface area (Å²) in [6.07, 6.45) is 3.86. The van der Waals surface area contributed by atoms with E-state index in [1.807, 2.05) is 12.1 Å². The normalized spacial score (nSPS) is 24.5. The molecule has 2 aliphatic rings. The second-order valence-electron chi connectivity index (χ2n) is 9.08. The number of hydrogen-bond acceptors (Lipinski definition) is 5. The van der Waals surface area contributed by atoms with Crippen LogP contribution in [0.3, 0.4) is 0 Å². The van der Waals surface area contributed by atoms with Crippen molar-refractivity contribution >= 4 is 22.6 Å². The Hall–Kier alpha value is -1.40. The summed E-state index contributed by atoms with van der Waals surface area (Å²) in [7, 11) is 0. The maximum absolute atomic E-state index is 12.1. The van der Waals surface area contributed by atoms with Crippen molar-refractivity contribution in [1.82, 2.24) is 9.80 Å². The molecule has 0 bridgehead atoms. The van der Waals surface area contributed by atoms with E-state index in [-0.39, 0.29) is 5.63 Å². The Bertz CT molecular complexity index is 926. The van der Waals surface area contributed by atoms with Gasteiger partial charge in [-0.05, 0) is 75.4 Å². The van der Waals surface area contributed by atoms with Gasteiger partial charge in [-0.1, -0.05) is 18.5 Å². The highest BCUT2D eigenvalue weighted by atomic mass is 35.5. The summed E-state index contributed by atoms with van der Waals surface area (Å²) in [6.45, 7) is 12.5. The highest BCUT2D eigenvalue weighted by molar-refractivity contribution is 6.32. The molecular formula is C24H33ClN2O3. The third kappa shape index (κ3) is 5.08. The van der Waals surface area contributed by atoms with Crippen molar-refractivity contribution in [2.45, 2.75) is 58.8 Å². The predicted molar refractivity (Wildman–Crippen MR) is 121 cm³/mol. The lowest BCUT2D eigenvalue weighted by Crippen LogP contribution is -2.48. The molecule has 2 saturated heterocycles. The van der Waals surface area contributed by atoms with Gasteiger partial charge in [0, 0.05) is 42.7 Å². The van der Waals surface area contributed by atoms with Gasteiger partial charge in [-0.15, -0.1) is 0 Å². The number of morpholine rings is 1. The third-order valence-electron chi connectivity index (χ3n) is 6.49. The van der Waals surface area contributed by atoms with Crippen molar-refractivity contribution in [3.8, 4) is 0 Å². The fourth-order valence-electron chi connectivity index (χ4n) is 5.06. The maximum atomic E-state index is 12.1. The van der Waals surface area contributed by atoms with Gasteiger partial charge in [0.05, 0.1) is 12.2 Å². The number of aryl methyl sites for hydroxylation is 1. The SMILES string of the molecule is CCc1cc2oc(=O)cc(CN3CCC(CN4CC(C)OC(C)C4)CC3)c2cc1Cl. The first-order chi connectivity index (χ1) is 14.4. The molecule has 4 rings (SSSR count). The standard InChI is InChI=1S/C24H33ClN2O3/c1-4-19-9-23-21(11-22(19)25)20(10-24(28)30-23)15-26-7-5-18(6-8-26)14-27-12-16(2)29-17(3)13-27/h9-11,16-18H,4-8,12-15H2,1-3H3. The summed E-state index contributed by atoms with van der Waals surface area (Å²) in [5.74, 6) is 0.734. The smallest absolute Gasteiger partial charge is 0.336 e. The Morgan fingerprint density at radius 3 is 2.40 bits per heavy atom. The second kappa shape index (κ2) is 9.39. The van der Waals surface area contributed by atoms with Gasteiger partial charge in [0.1, 0.15) is 5.58 Å². The molecule has 0 amide bonds. The summed E-state index contributed by atoms with van der Waals surface area (Å²) >= 11 is 6.44. The van der Waals surface area contributed by atoms with Gasteiger partial charge in [-0.2, -0.15) is 0 Å². The van der Waals surface area contributed by atoms with Crippen LogP contribution in [0.15, 0.2) is 27.4 Å². The number of ether oxygens (including phenoxy) is 1. The van der Waals surface area contributed by atoms with Crippen molar-refractivity contribution in [2.75, 3.05) is 32.7 Å². The van der Waals surface area contributed by atoms with E-state index < -0.39 is 0 Å². The quantitative estimate of drug-likeness (QED) is 0.658. The van der Waals surface area contributed by atoms with Gasteiger partial charge >= 0.3 is 5.63 Å². The van der Waals surface area contributed by atoms with E-state index in [1.165, 1.54) is 19.4 Å². The van der Waals surface area contributed by atoms with E-state index in [0.717, 1.165) is 66.6 Å². The molecule has 0 aliphatic carbocycles. The first-order valence-electron chi connectivity index (χ1n) is 11.3. The number of benzene rings is 1. The molecule has 2 atom stereocenters. The average Bonchev–Trinajstić information content (AvgIpc) is 2.69. The summed E-state index contributed by atoms with van der Waals surface area (Å²) in [5, 5.41) is 1.70. The van der Waals surface area contributed by atoms with Crippen molar-refractivity contribution in [2.24, 2.45) is 5.92 Å². The molecule has 0 N–H and O–H groups in total. The van der Waals surface area contributed by atoms with Crippen molar-refractivity contribution < 1.29 is 9.15 Å². The summed E-state index contributed by atoms with van der Waals surface area (Å²) < 4.78 is 11.3. The number of piperidine rings is 1. The van der Waals surface area contributed by atoms with Crippen LogP contribution in [-0.4, -0.2) is 54.7 Å². The maximum Gasteiger partial charge on any atom is 0.336 e. The van der Waals surface area contributed by atoms with Crippen LogP contribution in [0.25, 0.3) is 11.0 Å². The fraction of sp³-hybridized carbons (Fsp3) is 0.625. The van der Waals surface area contributed by atoms with Gasteiger partial charge in [-0.3, -0.25) is 9.80 Å². The van der Waals surface area contributed by atoms with Crippen LogP contribution >= 0.6 is 11.6 Å². The summed E-state index contributed by atoms with van der Waals surface area (Å²) in [5.41, 5.74) is 2.38. The van der Waals surface area contributed by atoms with Crippen LogP contribution in [0, 0.1) is 5.92 Å². The first kappa shape index (κ1) is 21.8. The van der Waals surface area contributed by atoms with Gasteiger partial charge in [-0.25, -0.2) is 4.79 Å². The molecule has 0 radical (unpaired) electrons. The highest BCUT2D eigenvalue weighted by Crippen LogP contribution is 2.28. The zero-order valence-electron chi connectivity index (χ0n) is 18.3. The van der Waals surface area contributed by atoms with Crippen molar-refractivity contribution in [3.05, 3.63) is 44.8 Å². The zero-order valence-corrected chi connectivity index (χ0v) is 19.1. The monoisotopic (exact) mass is 432 g/mol. The molecule has 6 heteroatoms. The lowest BCUT2D eigenvalue weighted by Gasteiger charge is -2.39. The minimum Gasteiger partial charge on any atom is -0.423 e. The molecule has 1 aromatic carbocycles. The minimum atomic E-state index is -0.285. The zero-order chi connectivity index (χ0) is 21.3. The molecule has 2 aromatic rings. The number of nitrogens with zero attached hydrogens (tertiary/aromatic N) is 2.